The lowest BCUT2D eigenvalue weighted by Gasteiger charge is -2.29. The highest BCUT2D eigenvalue weighted by Gasteiger charge is 2.24. The van der Waals surface area contributed by atoms with E-state index in [1.807, 2.05) is 24.3 Å². The van der Waals surface area contributed by atoms with Crippen molar-refractivity contribution in [2.45, 2.75) is 38.7 Å². The number of rotatable bonds is 5. The summed E-state index contributed by atoms with van der Waals surface area (Å²) in [6.07, 6.45) is 5.97. The Kier molecular flexibility index (Phi) is 5.62. The summed E-state index contributed by atoms with van der Waals surface area (Å²) in [5, 5.41) is 7.74. The molecule has 1 saturated carbocycles. The van der Waals surface area contributed by atoms with Crippen LogP contribution in [0.4, 0.5) is 0 Å². The van der Waals surface area contributed by atoms with Crippen molar-refractivity contribution in [1.29, 1.82) is 0 Å². The van der Waals surface area contributed by atoms with Crippen LogP contribution < -0.4 is 10.1 Å². The first-order valence-electron chi connectivity index (χ1n) is 9.51. The van der Waals surface area contributed by atoms with E-state index in [9.17, 15) is 4.79 Å². The molecule has 1 aliphatic rings. The molecule has 0 radical (unpaired) electrons. The Morgan fingerprint density at radius 2 is 2.11 bits per heavy atom. The number of pyridine rings is 1. The summed E-state index contributed by atoms with van der Waals surface area (Å²) in [6.45, 7) is 2.43. The van der Waals surface area contributed by atoms with E-state index < -0.39 is 0 Å². The van der Waals surface area contributed by atoms with Gasteiger partial charge in [-0.2, -0.15) is 0 Å². The molecule has 0 aliphatic heterocycles. The second-order valence-electron chi connectivity index (χ2n) is 7.24. The molecular formula is C21H22BrN3O3. The van der Waals surface area contributed by atoms with Crippen molar-refractivity contribution in [3.8, 4) is 5.75 Å². The van der Waals surface area contributed by atoms with Gasteiger partial charge in [0.15, 0.2) is 5.69 Å². The van der Waals surface area contributed by atoms with Gasteiger partial charge in [0.1, 0.15) is 11.5 Å². The molecule has 1 aromatic carbocycles. The largest absolute Gasteiger partial charge is 0.490 e. The lowest BCUT2D eigenvalue weighted by Crippen LogP contribution is -2.33. The fraction of sp³-hybridized carbons (Fsp3) is 0.381. The zero-order valence-corrected chi connectivity index (χ0v) is 17.2. The van der Waals surface area contributed by atoms with Crippen LogP contribution >= 0.6 is 15.9 Å². The van der Waals surface area contributed by atoms with Crippen LogP contribution in [0.3, 0.4) is 0 Å². The molecule has 1 N–H and O–H groups in total. The highest BCUT2D eigenvalue weighted by molar-refractivity contribution is 9.10. The lowest BCUT2D eigenvalue weighted by molar-refractivity contribution is 0.0920. The minimum absolute atomic E-state index is 0.177. The third kappa shape index (κ3) is 4.19. The number of fused-ring (bicyclic) bond motifs is 1. The molecule has 0 saturated heterocycles. The van der Waals surface area contributed by atoms with Gasteiger partial charge in [0.05, 0.1) is 11.6 Å². The number of hydrogen-bond acceptors (Lipinski definition) is 5. The lowest BCUT2D eigenvalue weighted by atomic mass is 9.87. The Balaban J connectivity index is 1.30. The molecule has 2 heterocycles. The maximum absolute atomic E-state index is 12.1. The molecule has 6 nitrogen and oxygen atoms in total. The average molecular weight is 444 g/mol. The van der Waals surface area contributed by atoms with E-state index in [1.54, 1.807) is 19.2 Å². The monoisotopic (exact) mass is 443 g/mol. The number of benzene rings is 1. The van der Waals surface area contributed by atoms with Crippen LogP contribution in [0.1, 0.15) is 41.9 Å². The predicted octanol–water partition coefficient (Wildman–Crippen LogP) is 4.66. The Morgan fingerprint density at radius 1 is 1.29 bits per heavy atom. The van der Waals surface area contributed by atoms with E-state index in [1.165, 1.54) is 0 Å². The molecule has 0 spiro atoms. The maximum atomic E-state index is 12.1. The van der Waals surface area contributed by atoms with Crippen molar-refractivity contribution in [1.82, 2.24) is 15.5 Å². The van der Waals surface area contributed by atoms with E-state index in [2.05, 4.69) is 31.4 Å². The number of aromatic nitrogens is 2. The van der Waals surface area contributed by atoms with Crippen LogP contribution in [0.25, 0.3) is 10.9 Å². The number of halogens is 1. The number of carbonyl (C=O) groups is 1. The highest BCUT2D eigenvalue weighted by atomic mass is 79.9. The molecule has 2 aromatic heterocycles. The van der Waals surface area contributed by atoms with Crippen molar-refractivity contribution in [3.05, 3.63) is 52.5 Å². The van der Waals surface area contributed by atoms with E-state index in [0.717, 1.165) is 46.8 Å². The number of ether oxygens (including phenoxy) is 1. The van der Waals surface area contributed by atoms with Crippen molar-refractivity contribution < 1.29 is 14.1 Å². The standard InChI is InChI=1S/C21H22BrN3O3/c1-13-11-18(25-28-13)21(26)24-12-14-5-7-15(8-6-14)27-19-9-10-23-20-16(19)3-2-4-17(20)22/h2-4,9-11,14-15H,5-8,12H2,1H3,(H,24,26)/t14-,15-. The molecule has 28 heavy (non-hydrogen) atoms. The Bertz CT molecular complexity index is 980. The van der Waals surface area contributed by atoms with Gasteiger partial charge in [-0.3, -0.25) is 9.78 Å². The third-order valence-electron chi connectivity index (χ3n) is 5.18. The molecule has 146 valence electrons. The van der Waals surface area contributed by atoms with Crippen LogP contribution in [0.2, 0.25) is 0 Å². The van der Waals surface area contributed by atoms with E-state index in [4.69, 9.17) is 9.26 Å². The smallest absolute Gasteiger partial charge is 0.273 e. The second-order valence-corrected chi connectivity index (χ2v) is 8.09. The van der Waals surface area contributed by atoms with Gasteiger partial charge >= 0.3 is 0 Å². The zero-order chi connectivity index (χ0) is 19.5. The summed E-state index contributed by atoms with van der Waals surface area (Å²) in [5.74, 6) is 1.80. The quantitative estimate of drug-likeness (QED) is 0.620. The summed E-state index contributed by atoms with van der Waals surface area (Å²) in [7, 11) is 0. The van der Waals surface area contributed by atoms with Gasteiger partial charge in [0.2, 0.25) is 0 Å². The van der Waals surface area contributed by atoms with E-state index >= 15 is 0 Å². The summed E-state index contributed by atoms with van der Waals surface area (Å²) >= 11 is 3.55. The number of nitrogens with one attached hydrogen (secondary N) is 1. The van der Waals surface area contributed by atoms with Crippen LogP contribution in [0.5, 0.6) is 5.75 Å². The first kappa shape index (κ1) is 18.9. The fourth-order valence-corrected chi connectivity index (χ4v) is 4.12. The number of carbonyl (C=O) groups excluding carboxylic acids is 1. The number of para-hydroxylation sites is 1. The number of aryl methyl sites for hydroxylation is 1. The van der Waals surface area contributed by atoms with Gasteiger partial charge in [-0.15, -0.1) is 0 Å². The van der Waals surface area contributed by atoms with Gasteiger partial charge in [-0.05, 0) is 72.7 Å². The number of nitrogens with zero attached hydrogens (tertiary/aromatic N) is 2. The molecule has 1 amide bonds. The molecule has 1 fully saturated rings. The van der Waals surface area contributed by atoms with Crippen LogP contribution in [-0.2, 0) is 0 Å². The minimum atomic E-state index is -0.177. The molecule has 0 unspecified atom stereocenters. The average Bonchev–Trinajstić information content (AvgIpc) is 3.14. The van der Waals surface area contributed by atoms with Crippen molar-refractivity contribution >= 4 is 32.7 Å². The predicted molar refractivity (Wildman–Crippen MR) is 109 cm³/mol. The van der Waals surface area contributed by atoms with Crippen LogP contribution in [0, 0.1) is 12.8 Å². The van der Waals surface area contributed by atoms with Crippen molar-refractivity contribution in [2.24, 2.45) is 5.92 Å². The molecule has 4 rings (SSSR count). The van der Waals surface area contributed by atoms with Gasteiger partial charge in [-0.1, -0.05) is 11.2 Å². The van der Waals surface area contributed by atoms with E-state index in [-0.39, 0.29) is 12.0 Å². The molecule has 1 aliphatic carbocycles. The summed E-state index contributed by atoms with van der Waals surface area (Å²) in [5.41, 5.74) is 1.25. The summed E-state index contributed by atoms with van der Waals surface area (Å²) in [6, 6.07) is 9.60. The molecular weight excluding hydrogens is 422 g/mol. The van der Waals surface area contributed by atoms with Gasteiger partial charge in [-0.25, -0.2) is 0 Å². The SMILES string of the molecule is Cc1cc(C(=O)NC[C@H]2CC[C@H](Oc3ccnc4c(Br)cccc34)CC2)no1. The first-order valence-corrected chi connectivity index (χ1v) is 10.3. The molecule has 3 aromatic rings. The van der Waals surface area contributed by atoms with Crippen LogP contribution in [0.15, 0.2) is 45.5 Å². The van der Waals surface area contributed by atoms with Crippen molar-refractivity contribution in [3.63, 3.8) is 0 Å². The topological polar surface area (TPSA) is 77.2 Å². The van der Waals surface area contributed by atoms with E-state index in [0.29, 0.717) is 23.9 Å². The molecule has 0 atom stereocenters. The third-order valence-corrected chi connectivity index (χ3v) is 5.82. The maximum Gasteiger partial charge on any atom is 0.273 e. The first-order chi connectivity index (χ1) is 13.6. The second kappa shape index (κ2) is 8.31. The fourth-order valence-electron chi connectivity index (χ4n) is 3.65. The Morgan fingerprint density at radius 3 is 2.86 bits per heavy atom. The Hall–Kier alpha value is -2.41. The van der Waals surface area contributed by atoms with Gasteiger partial charge in [0.25, 0.3) is 5.91 Å². The summed E-state index contributed by atoms with van der Waals surface area (Å²) < 4.78 is 12.2. The normalized spacial score (nSPS) is 19.5. The minimum Gasteiger partial charge on any atom is -0.490 e. The molecule has 7 heteroatoms. The number of hydrogen-bond donors (Lipinski definition) is 1. The van der Waals surface area contributed by atoms with Gasteiger partial charge in [0, 0.05) is 28.7 Å². The number of amides is 1. The van der Waals surface area contributed by atoms with Crippen molar-refractivity contribution in [2.75, 3.05) is 6.54 Å². The summed E-state index contributed by atoms with van der Waals surface area (Å²) in [4.78, 5) is 16.5. The Labute approximate surface area is 171 Å². The van der Waals surface area contributed by atoms with Gasteiger partial charge < -0.3 is 14.6 Å². The highest BCUT2D eigenvalue weighted by Crippen LogP contribution is 2.32. The zero-order valence-electron chi connectivity index (χ0n) is 15.7. The molecule has 0 bridgehead atoms. The van der Waals surface area contributed by atoms with Crippen LogP contribution in [-0.4, -0.2) is 28.7 Å².